The second-order valence-electron chi connectivity index (χ2n) is 4.05. The van der Waals surface area contributed by atoms with Crippen LogP contribution in [0.5, 0.6) is 5.75 Å². The first kappa shape index (κ1) is 14.0. The highest BCUT2D eigenvalue weighted by atomic mass is 16.3. The number of phenolic OH excluding ortho intramolecular Hbond substituents is 1. The van der Waals surface area contributed by atoms with Crippen LogP contribution < -0.4 is 5.32 Å². The fraction of sp³-hybridized carbons (Fsp3) is 0.385. The van der Waals surface area contributed by atoms with Gasteiger partial charge in [0.05, 0.1) is 13.0 Å². The number of likely N-dealkylation sites (N-methyl/N-ethyl adjacent to an activating group) is 2. The van der Waals surface area contributed by atoms with Crippen LogP contribution in [0, 0.1) is 0 Å². The maximum Gasteiger partial charge on any atom is 0.239 e. The minimum Gasteiger partial charge on any atom is -0.508 e. The Morgan fingerprint density at radius 3 is 2.72 bits per heavy atom. The summed E-state index contributed by atoms with van der Waals surface area (Å²) in [6, 6.07) is 6.53. The zero-order valence-corrected chi connectivity index (χ0v) is 10.6. The molecule has 2 amide bonds. The van der Waals surface area contributed by atoms with E-state index in [1.165, 1.54) is 11.0 Å². The number of carbonyl (C=O) groups is 2. The summed E-state index contributed by atoms with van der Waals surface area (Å²) in [5.41, 5.74) is 0.725. The average Bonchev–Trinajstić information content (AvgIpc) is 2.29. The molecule has 5 nitrogen and oxygen atoms in total. The third-order valence-corrected chi connectivity index (χ3v) is 2.45. The highest BCUT2D eigenvalue weighted by Crippen LogP contribution is 2.11. The van der Waals surface area contributed by atoms with E-state index in [0.29, 0.717) is 6.54 Å². The van der Waals surface area contributed by atoms with E-state index < -0.39 is 0 Å². The number of rotatable bonds is 5. The fourth-order valence-electron chi connectivity index (χ4n) is 1.53. The molecule has 0 saturated heterocycles. The van der Waals surface area contributed by atoms with Crippen LogP contribution >= 0.6 is 0 Å². The highest BCUT2D eigenvalue weighted by molar-refractivity contribution is 5.85. The molecule has 0 aromatic heterocycles. The van der Waals surface area contributed by atoms with Crippen molar-refractivity contribution < 1.29 is 14.7 Å². The van der Waals surface area contributed by atoms with E-state index in [1.54, 1.807) is 25.2 Å². The second-order valence-corrected chi connectivity index (χ2v) is 4.05. The lowest BCUT2D eigenvalue weighted by molar-refractivity contribution is -0.134. The summed E-state index contributed by atoms with van der Waals surface area (Å²) in [7, 11) is 1.58. The Hall–Kier alpha value is -2.04. The number of hydrogen-bond acceptors (Lipinski definition) is 3. The Bertz CT molecular complexity index is 432. The Labute approximate surface area is 106 Å². The molecule has 0 aliphatic rings. The van der Waals surface area contributed by atoms with Crippen LogP contribution in [0.2, 0.25) is 0 Å². The molecule has 0 spiro atoms. The van der Waals surface area contributed by atoms with Crippen LogP contribution in [-0.4, -0.2) is 42.0 Å². The zero-order chi connectivity index (χ0) is 13.5. The molecule has 18 heavy (non-hydrogen) atoms. The minimum absolute atomic E-state index is 0.0471. The van der Waals surface area contributed by atoms with Crippen molar-refractivity contribution in [2.45, 2.75) is 13.3 Å². The van der Waals surface area contributed by atoms with Gasteiger partial charge in [0.1, 0.15) is 5.75 Å². The van der Waals surface area contributed by atoms with Gasteiger partial charge in [0.2, 0.25) is 11.8 Å². The first-order valence-electron chi connectivity index (χ1n) is 5.81. The molecule has 0 aliphatic heterocycles. The molecule has 1 aromatic rings. The summed E-state index contributed by atoms with van der Waals surface area (Å²) in [6.07, 6.45) is 0.171. The summed E-state index contributed by atoms with van der Waals surface area (Å²) >= 11 is 0. The van der Waals surface area contributed by atoms with Crippen LogP contribution in [0.15, 0.2) is 24.3 Å². The summed E-state index contributed by atoms with van der Waals surface area (Å²) in [6.45, 7) is 2.42. The van der Waals surface area contributed by atoms with Gasteiger partial charge in [0.15, 0.2) is 0 Å². The van der Waals surface area contributed by atoms with Crippen LogP contribution in [-0.2, 0) is 16.0 Å². The van der Waals surface area contributed by atoms with Crippen molar-refractivity contribution in [3.63, 3.8) is 0 Å². The van der Waals surface area contributed by atoms with Gasteiger partial charge in [-0.3, -0.25) is 9.59 Å². The highest BCUT2D eigenvalue weighted by Gasteiger charge is 2.13. The molecule has 1 rings (SSSR count). The standard InChI is InChI=1S/C13H18N2O3/c1-3-14-12(17)9-15(2)13(18)8-10-5-4-6-11(16)7-10/h4-7,16H,3,8-9H2,1-2H3,(H,14,17). The molecule has 0 aliphatic carbocycles. The van der Waals surface area contributed by atoms with E-state index in [1.807, 2.05) is 6.92 Å². The predicted octanol–water partition coefficient (Wildman–Crippen LogP) is 0.529. The second kappa shape index (κ2) is 6.64. The quantitative estimate of drug-likeness (QED) is 0.801. The molecule has 0 fully saturated rings. The molecular weight excluding hydrogens is 232 g/mol. The summed E-state index contributed by atoms with van der Waals surface area (Å²) in [5.74, 6) is -0.206. The van der Waals surface area contributed by atoms with Gasteiger partial charge >= 0.3 is 0 Å². The molecule has 0 atom stereocenters. The third kappa shape index (κ3) is 4.45. The molecule has 0 radical (unpaired) electrons. The van der Waals surface area contributed by atoms with E-state index in [-0.39, 0.29) is 30.5 Å². The number of nitrogens with zero attached hydrogens (tertiary/aromatic N) is 1. The van der Waals surface area contributed by atoms with Crippen LogP contribution in [0.3, 0.4) is 0 Å². The van der Waals surface area contributed by atoms with Crippen molar-refractivity contribution in [1.29, 1.82) is 0 Å². The molecule has 0 saturated carbocycles. The SMILES string of the molecule is CCNC(=O)CN(C)C(=O)Cc1cccc(O)c1. The molecule has 98 valence electrons. The average molecular weight is 250 g/mol. The number of carbonyl (C=O) groups excluding carboxylic acids is 2. The van der Waals surface area contributed by atoms with E-state index in [4.69, 9.17) is 0 Å². The molecule has 0 heterocycles. The van der Waals surface area contributed by atoms with Gasteiger partial charge in [-0.05, 0) is 24.6 Å². The fourth-order valence-corrected chi connectivity index (χ4v) is 1.53. The van der Waals surface area contributed by atoms with Crippen molar-refractivity contribution in [3.8, 4) is 5.75 Å². The Morgan fingerprint density at radius 2 is 2.11 bits per heavy atom. The van der Waals surface area contributed by atoms with Gasteiger partial charge in [0, 0.05) is 13.6 Å². The van der Waals surface area contributed by atoms with E-state index >= 15 is 0 Å². The monoisotopic (exact) mass is 250 g/mol. The normalized spacial score (nSPS) is 9.89. The number of aromatic hydroxyl groups is 1. The van der Waals surface area contributed by atoms with Crippen molar-refractivity contribution in [3.05, 3.63) is 29.8 Å². The van der Waals surface area contributed by atoms with Crippen molar-refractivity contribution in [2.75, 3.05) is 20.1 Å². The van der Waals surface area contributed by atoms with Gasteiger partial charge in [-0.15, -0.1) is 0 Å². The summed E-state index contributed by atoms with van der Waals surface area (Å²) in [5, 5.41) is 11.9. The van der Waals surface area contributed by atoms with E-state index in [0.717, 1.165) is 5.56 Å². The van der Waals surface area contributed by atoms with Gasteiger partial charge < -0.3 is 15.3 Å². The summed E-state index contributed by atoms with van der Waals surface area (Å²) in [4.78, 5) is 24.5. The molecular formula is C13H18N2O3. The lowest BCUT2D eigenvalue weighted by atomic mass is 10.1. The van der Waals surface area contributed by atoms with Crippen molar-refractivity contribution >= 4 is 11.8 Å². The predicted molar refractivity (Wildman–Crippen MR) is 68.1 cm³/mol. The lowest BCUT2D eigenvalue weighted by Crippen LogP contribution is -2.38. The van der Waals surface area contributed by atoms with Crippen LogP contribution in [0.25, 0.3) is 0 Å². The topological polar surface area (TPSA) is 69.6 Å². The number of nitrogens with one attached hydrogen (secondary N) is 1. The summed E-state index contributed by atoms with van der Waals surface area (Å²) < 4.78 is 0. The van der Waals surface area contributed by atoms with Crippen LogP contribution in [0.4, 0.5) is 0 Å². The van der Waals surface area contributed by atoms with E-state index in [2.05, 4.69) is 5.32 Å². The van der Waals surface area contributed by atoms with Gasteiger partial charge in [-0.25, -0.2) is 0 Å². The number of benzene rings is 1. The molecule has 1 aromatic carbocycles. The first-order valence-corrected chi connectivity index (χ1v) is 5.81. The minimum atomic E-state index is -0.177. The van der Waals surface area contributed by atoms with Crippen molar-refractivity contribution in [2.24, 2.45) is 0 Å². The zero-order valence-electron chi connectivity index (χ0n) is 10.6. The first-order chi connectivity index (χ1) is 8.52. The smallest absolute Gasteiger partial charge is 0.239 e. The molecule has 0 bridgehead atoms. The number of amides is 2. The molecule has 5 heteroatoms. The van der Waals surface area contributed by atoms with Gasteiger partial charge in [-0.2, -0.15) is 0 Å². The molecule has 2 N–H and O–H groups in total. The number of phenols is 1. The van der Waals surface area contributed by atoms with Gasteiger partial charge in [-0.1, -0.05) is 12.1 Å². The molecule has 0 unspecified atom stereocenters. The van der Waals surface area contributed by atoms with Crippen LogP contribution in [0.1, 0.15) is 12.5 Å². The van der Waals surface area contributed by atoms with E-state index in [9.17, 15) is 14.7 Å². The maximum atomic E-state index is 11.8. The largest absolute Gasteiger partial charge is 0.508 e. The Morgan fingerprint density at radius 1 is 1.39 bits per heavy atom. The Balaban J connectivity index is 2.52. The lowest BCUT2D eigenvalue weighted by Gasteiger charge is -2.16. The third-order valence-electron chi connectivity index (χ3n) is 2.45. The van der Waals surface area contributed by atoms with Gasteiger partial charge in [0.25, 0.3) is 0 Å². The maximum absolute atomic E-state index is 11.8. The Kier molecular flexibility index (Phi) is 5.17. The van der Waals surface area contributed by atoms with Crippen molar-refractivity contribution in [1.82, 2.24) is 10.2 Å². The number of hydrogen-bond donors (Lipinski definition) is 2.